The van der Waals surface area contributed by atoms with Gasteiger partial charge in [0.05, 0.1) is 26.4 Å². The van der Waals surface area contributed by atoms with E-state index >= 15 is 0 Å². The van der Waals surface area contributed by atoms with Crippen molar-refractivity contribution < 1.29 is 18.9 Å². The molecule has 0 radical (unpaired) electrons. The molecule has 0 amide bonds. The highest BCUT2D eigenvalue weighted by atomic mass is 16.7. The molecular weight excluding hydrogens is 270 g/mol. The third-order valence-electron chi connectivity index (χ3n) is 2.77. The normalized spacial score (nSPS) is 16.1. The van der Waals surface area contributed by atoms with Crippen molar-refractivity contribution in [2.24, 2.45) is 23.5 Å². The number of hydrogen-bond donors (Lipinski definition) is 1. The maximum Gasteiger partial charge on any atom is 0.146 e. The van der Waals surface area contributed by atoms with Crippen LogP contribution in [0.4, 0.5) is 0 Å². The molecule has 0 aromatic carbocycles. The minimum atomic E-state index is 0.0566. The summed E-state index contributed by atoms with van der Waals surface area (Å²) in [6.45, 7) is 14.0. The second-order valence-electron chi connectivity index (χ2n) is 6.54. The van der Waals surface area contributed by atoms with Crippen molar-refractivity contribution in [1.29, 1.82) is 0 Å². The molecule has 5 nitrogen and oxygen atoms in total. The molecule has 0 aliphatic rings. The van der Waals surface area contributed by atoms with E-state index in [4.69, 9.17) is 24.7 Å². The van der Waals surface area contributed by atoms with Gasteiger partial charge in [-0.1, -0.05) is 27.7 Å². The fourth-order valence-electron chi connectivity index (χ4n) is 1.96. The Morgan fingerprint density at radius 2 is 1.10 bits per heavy atom. The highest BCUT2D eigenvalue weighted by Crippen LogP contribution is 2.12. The Morgan fingerprint density at radius 1 is 0.667 bits per heavy atom. The molecule has 0 saturated heterocycles. The molecule has 0 aliphatic carbocycles. The van der Waals surface area contributed by atoms with E-state index in [2.05, 4.69) is 27.7 Å². The minimum absolute atomic E-state index is 0.0566. The van der Waals surface area contributed by atoms with Gasteiger partial charge in [0, 0.05) is 6.04 Å². The molecule has 0 fully saturated rings. The highest BCUT2D eigenvalue weighted by Gasteiger charge is 2.09. The first-order chi connectivity index (χ1) is 9.91. The Balaban J connectivity index is 3.41. The summed E-state index contributed by atoms with van der Waals surface area (Å²) in [6.07, 6.45) is 1.07. The molecule has 0 spiro atoms. The van der Waals surface area contributed by atoms with Crippen LogP contribution in [0, 0.1) is 17.8 Å². The van der Waals surface area contributed by atoms with Gasteiger partial charge in [-0.2, -0.15) is 0 Å². The predicted octanol–water partition coefficient (Wildman–Crippen LogP) is 2.63. The number of ether oxygens (including phenoxy) is 4. The van der Waals surface area contributed by atoms with Gasteiger partial charge in [0.1, 0.15) is 13.6 Å². The van der Waals surface area contributed by atoms with Crippen LogP contribution >= 0.6 is 0 Å². The Morgan fingerprint density at radius 3 is 1.52 bits per heavy atom. The van der Waals surface area contributed by atoms with Gasteiger partial charge in [-0.15, -0.1) is 0 Å². The Kier molecular flexibility index (Phi) is 13.3. The largest absolute Gasteiger partial charge is 0.355 e. The SMILES string of the molecule is CC(C)COCOCC(C)CC(C)COCOCC(C)N. The van der Waals surface area contributed by atoms with Crippen LogP contribution in [0.3, 0.4) is 0 Å². The van der Waals surface area contributed by atoms with Gasteiger partial charge in [0.25, 0.3) is 0 Å². The number of rotatable bonds is 14. The van der Waals surface area contributed by atoms with Crippen molar-refractivity contribution >= 4 is 0 Å². The quantitative estimate of drug-likeness (QED) is 0.395. The third kappa shape index (κ3) is 16.0. The molecule has 21 heavy (non-hydrogen) atoms. The van der Waals surface area contributed by atoms with Crippen LogP contribution in [0.2, 0.25) is 0 Å². The lowest BCUT2D eigenvalue weighted by Crippen LogP contribution is -2.23. The molecule has 0 saturated carbocycles. The van der Waals surface area contributed by atoms with Gasteiger partial charge in [0.2, 0.25) is 0 Å². The number of nitrogens with two attached hydrogens (primary N) is 1. The predicted molar refractivity (Wildman–Crippen MR) is 85.0 cm³/mol. The van der Waals surface area contributed by atoms with Crippen molar-refractivity contribution in [3.63, 3.8) is 0 Å². The first-order valence-electron chi connectivity index (χ1n) is 7.98. The molecule has 0 aromatic heterocycles. The zero-order valence-electron chi connectivity index (χ0n) is 14.5. The zero-order valence-corrected chi connectivity index (χ0v) is 14.5. The Hall–Kier alpha value is -0.200. The van der Waals surface area contributed by atoms with Gasteiger partial charge in [0.15, 0.2) is 0 Å². The molecule has 2 N–H and O–H groups in total. The molecule has 0 bridgehead atoms. The lowest BCUT2D eigenvalue weighted by atomic mass is 9.99. The van der Waals surface area contributed by atoms with Gasteiger partial charge < -0.3 is 24.7 Å². The van der Waals surface area contributed by atoms with E-state index in [1.807, 2.05) is 6.92 Å². The summed E-state index contributed by atoms with van der Waals surface area (Å²) >= 11 is 0. The van der Waals surface area contributed by atoms with E-state index in [0.717, 1.165) is 19.6 Å². The molecule has 128 valence electrons. The van der Waals surface area contributed by atoms with Crippen LogP contribution in [-0.4, -0.2) is 46.1 Å². The van der Waals surface area contributed by atoms with Crippen molar-refractivity contribution in [2.75, 3.05) is 40.0 Å². The summed E-state index contributed by atoms with van der Waals surface area (Å²) in [6, 6.07) is 0.0566. The van der Waals surface area contributed by atoms with Crippen LogP contribution in [0.25, 0.3) is 0 Å². The van der Waals surface area contributed by atoms with Crippen LogP contribution in [-0.2, 0) is 18.9 Å². The van der Waals surface area contributed by atoms with Gasteiger partial charge in [-0.25, -0.2) is 0 Å². The lowest BCUT2D eigenvalue weighted by molar-refractivity contribution is -0.0783. The van der Waals surface area contributed by atoms with Crippen LogP contribution in [0.1, 0.15) is 41.0 Å². The summed E-state index contributed by atoms with van der Waals surface area (Å²) in [5.41, 5.74) is 5.58. The molecule has 0 heterocycles. The summed E-state index contributed by atoms with van der Waals surface area (Å²) in [4.78, 5) is 0. The average Bonchev–Trinajstić information content (AvgIpc) is 2.37. The molecule has 0 aliphatic heterocycles. The van der Waals surface area contributed by atoms with Crippen LogP contribution in [0.15, 0.2) is 0 Å². The maximum absolute atomic E-state index is 5.58. The fourth-order valence-corrected chi connectivity index (χ4v) is 1.96. The summed E-state index contributed by atoms with van der Waals surface area (Å²) in [7, 11) is 0. The topological polar surface area (TPSA) is 62.9 Å². The number of hydrogen-bond acceptors (Lipinski definition) is 5. The molecule has 0 rings (SSSR count). The van der Waals surface area contributed by atoms with Gasteiger partial charge >= 0.3 is 0 Å². The average molecular weight is 305 g/mol. The summed E-state index contributed by atoms with van der Waals surface area (Å²) in [5, 5.41) is 0. The second kappa shape index (κ2) is 13.5. The monoisotopic (exact) mass is 305 g/mol. The summed E-state index contributed by atoms with van der Waals surface area (Å²) < 4.78 is 21.6. The van der Waals surface area contributed by atoms with E-state index in [9.17, 15) is 0 Å². The minimum Gasteiger partial charge on any atom is -0.355 e. The third-order valence-corrected chi connectivity index (χ3v) is 2.77. The Labute approximate surface area is 130 Å². The summed E-state index contributed by atoms with van der Waals surface area (Å²) in [5.74, 6) is 1.53. The zero-order chi connectivity index (χ0) is 16.1. The molecular formula is C16H35NO4. The van der Waals surface area contributed by atoms with E-state index in [0.29, 0.717) is 44.6 Å². The van der Waals surface area contributed by atoms with Crippen LogP contribution in [0.5, 0.6) is 0 Å². The molecule has 0 aromatic rings. The van der Waals surface area contributed by atoms with Crippen molar-refractivity contribution in [1.82, 2.24) is 0 Å². The first kappa shape index (κ1) is 20.8. The second-order valence-corrected chi connectivity index (χ2v) is 6.54. The van der Waals surface area contributed by atoms with E-state index in [-0.39, 0.29) is 6.04 Å². The van der Waals surface area contributed by atoms with Crippen molar-refractivity contribution in [2.45, 2.75) is 47.1 Å². The van der Waals surface area contributed by atoms with E-state index in [1.54, 1.807) is 0 Å². The maximum atomic E-state index is 5.58. The fraction of sp³-hybridized carbons (Fsp3) is 1.00. The van der Waals surface area contributed by atoms with E-state index in [1.165, 1.54) is 0 Å². The lowest BCUT2D eigenvalue weighted by Gasteiger charge is -2.18. The standard InChI is InChI=1S/C16H35NO4/c1-13(2)7-18-11-19-8-14(3)6-15(4)9-20-12-21-10-16(5)17/h13-16H,6-12,17H2,1-5H3. The molecule has 3 unspecified atom stereocenters. The first-order valence-corrected chi connectivity index (χ1v) is 7.98. The molecule has 3 atom stereocenters. The van der Waals surface area contributed by atoms with E-state index < -0.39 is 0 Å². The highest BCUT2D eigenvalue weighted by molar-refractivity contribution is 4.58. The van der Waals surface area contributed by atoms with Crippen LogP contribution < -0.4 is 5.73 Å². The van der Waals surface area contributed by atoms with Crippen molar-refractivity contribution in [3.05, 3.63) is 0 Å². The van der Waals surface area contributed by atoms with Gasteiger partial charge in [-0.3, -0.25) is 0 Å². The Bertz CT molecular complexity index is 202. The van der Waals surface area contributed by atoms with Gasteiger partial charge in [-0.05, 0) is 31.1 Å². The smallest absolute Gasteiger partial charge is 0.146 e. The molecule has 5 heteroatoms. The van der Waals surface area contributed by atoms with Crippen molar-refractivity contribution in [3.8, 4) is 0 Å².